The number of aryl methyl sites for hydroxylation is 1. The molecule has 0 aliphatic heterocycles. The van der Waals surface area contributed by atoms with E-state index in [1.54, 1.807) is 0 Å². The topological polar surface area (TPSA) is 48.0 Å². The van der Waals surface area contributed by atoms with Gasteiger partial charge in [0, 0.05) is 24.3 Å². The van der Waals surface area contributed by atoms with E-state index in [0.717, 1.165) is 17.8 Å². The molecule has 0 atom stereocenters. The smallest absolute Gasteiger partial charge is 0.255 e. The molecular formula is C12H18N2O. The predicted molar refractivity (Wildman–Crippen MR) is 60.7 cm³/mol. The van der Waals surface area contributed by atoms with Crippen molar-refractivity contribution in [3.63, 3.8) is 0 Å². The Morgan fingerprint density at radius 1 is 1.47 bits per heavy atom. The van der Waals surface area contributed by atoms with Gasteiger partial charge in [0.1, 0.15) is 0 Å². The highest BCUT2D eigenvalue weighted by Crippen LogP contribution is 2.27. The fraction of sp³-hybridized carbons (Fsp3) is 0.583. The van der Waals surface area contributed by atoms with Crippen molar-refractivity contribution < 1.29 is 0 Å². The number of aromatic nitrogens is 1. The van der Waals surface area contributed by atoms with Crippen molar-refractivity contribution in [3.05, 3.63) is 33.7 Å². The van der Waals surface area contributed by atoms with E-state index < -0.39 is 0 Å². The zero-order valence-corrected chi connectivity index (χ0v) is 9.20. The third-order valence-electron chi connectivity index (χ3n) is 3.36. The van der Waals surface area contributed by atoms with Gasteiger partial charge in [-0.15, -0.1) is 0 Å². The first-order valence-electron chi connectivity index (χ1n) is 5.61. The molecular weight excluding hydrogens is 188 g/mol. The lowest BCUT2D eigenvalue weighted by molar-refractivity contribution is 0.271. The minimum absolute atomic E-state index is 0.101. The second kappa shape index (κ2) is 4.19. The molecule has 1 aromatic heterocycles. The molecule has 3 heteroatoms. The Bertz CT molecular complexity index is 405. The maximum Gasteiger partial charge on any atom is 0.255 e. The summed E-state index contributed by atoms with van der Waals surface area (Å²) in [7, 11) is 0. The van der Waals surface area contributed by atoms with Crippen molar-refractivity contribution in [2.24, 2.45) is 11.7 Å². The lowest BCUT2D eigenvalue weighted by Gasteiger charge is -2.27. The third-order valence-corrected chi connectivity index (χ3v) is 3.36. The molecule has 2 rings (SSSR count). The van der Waals surface area contributed by atoms with Gasteiger partial charge >= 0.3 is 0 Å². The van der Waals surface area contributed by atoms with Gasteiger partial charge in [-0.25, -0.2) is 0 Å². The van der Waals surface area contributed by atoms with E-state index in [4.69, 9.17) is 5.73 Å². The van der Waals surface area contributed by atoms with E-state index in [2.05, 4.69) is 0 Å². The van der Waals surface area contributed by atoms with Gasteiger partial charge in [-0.2, -0.15) is 0 Å². The number of nitrogens with two attached hydrogens (primary N) is 1. The summed E-state index contributed by atoms with van der Waals surface area (Å²) >= 11 is 0. The summed E-state index contributed by atoms with van der Waals surface area (Å²) in [6, 6.07) is 3.83. The molecule has 82 valence electrons. The van der Waals surface area contributed by atoms with Gasteiger partial charge in [0.25, 0.3) is 5.56 Å². The number of hydrogen-bond acceptors (Lipinski definition) is 2. The van der Waals surface area contributed by atoms with Crippen LogP contribution in [0.2, 0.25) is 0 Å². The second-order valence-electron chi connectivity index (χ2n) is 4.42. The summed E-state index contributed by atoms with van der Waals surface area (Å²) in [6.07, 6.45) is 3.84. The molecule has 1 aliphatic rings. The second-order valence-corrected chi connectivity index (χ2v) is 4.42. The molecule has 1 aliphatic carbocycles. The highest BCUT2D eigenvalue weighted by Gasteiger charge is 2.19. The highest BCUT2D eigenvalue weighted by atomic mass is 16.1. The highest BCUT2D eigenvalue weighted by molar-refractivity contribution is 5.15. The number of pyridine rings is 1. The summed E-state index contributed by atoms with van der Waals surface area (Å²) in [6.45, 7) is 3.20. The molecule has 15 heavy (non-hydrogen) atoms. The van der Waals surface area contributed by atoms with Crippen LogP contribution in [0.4, 0.5) is 0 Å². The maximum absolute atomic E-state index is 12.0. The molecule has 1 heterocycles. The Morgan fingerprint density at radius 2 is 2.20 bits per heavy atom. The summed E-state index contributed by atoms with van der Waals surface area (Å²) in [5.41, 5.74) is 7.40. The van der Waals surface area contributed by atoms with Crippen molar-refractivity contribution in [1.29, 1.82) is 0 Å². The van der Waals surface area contributed by atoms with Crippen LogP contribution < -0.4 is 11.3 Å². The molecule has 0 radical (unpaired) electrons. The molecule has 0 saturated heterocycles. The number of hydrogen-bond donors (Lipinski definition) is 1. The first kappa shape index (κ1) is 10.4. The van der Waals surface area contributed by atoms with Gasteiger partial charge in [-0.05, 0) is 31.7 Å². The van der Waals surface area contributed by atoms with E-state index in [9.17, 15) is 4.79 Å². The number of rotatable bonds is 3. The van der Waals surface area contributed by atoms with E-state index in [0.29, 0.717) is 12.5 Å². The molecule has 0 amide bonds. The first-order valence-corrected chi connectivity index (χ1v) is 5.61. The molecule has 0 spiro atoms. The quantitative estimate of drug-likeness (QED) is 0.813. The largest absolute Gasteiger partial charge is 0.326 e. The Hall–Kier alpha value is -1.09. The monoisotopic (exact) mass is 206 g/mol. The summed E-state index contributed by atoms with van der Waals surface area (Å²) in [5.74, 6) is 0.703. The van der Waals surface area contributed by atoms with Crippen LogP contribution in [-0.4, -0.2) is 4.57 Å². The lowest BCUT2D eigenvalue weighted by Crippen LogP contribution is -2.31. The van der Waals surface area contributed by atoms with Crippen molar-refractivity contribution in [2.75, 3.05) is 0 Å². The molecule has 1 fully saturated rings. The minimum atomic E-state index is 0.101. The van der Waals surface area contributed by atoms with Crippen LogP contribution in [0.3, 0.4) is 0 Å². The van der Waals surface area contributed by atoms with Crippen LogP contribution in [0.15, 0.2) is 16.9 Å². The molecule has 1 aromatic rings. The molecule has 2 N–H and O–H groups in total. The van der Waals surface area contributed by atoms with Gasteiger partial charge in [0.2, 0.25) is 0 Å². The van der Waals surface area contributed by atoms with Crippen LogP contribution in [0.1, 0.15) is 30.5 Å². The van der Waals surface area contributed by atoms with Gasteiger partial charge in [-0.1, -0.05) is 12.5 Å². The standard InChI is InChI=1S/C12H18N2O/c1-9-5-6-11(7-13)12(15)14(9)8-10-3-2-4-10/h5-6,10H,2-4,7-8,13H2,1H3. The van der Waals surface area contributed by atoms with Crippen LogP contribution in [0, 0.1) is 12.8 Å². The van der Waals surface area contributed by atoms with Crippen LogP contribution in [-0.2, 0) is 13.1 Å². The van der Waals surface area contributed by atoms with Gasteiger partial charge < -0.3 is 10.3 Å². The molecule has 0 bridgehead atoms. The number of nitrogens with zero attached hydrogens (tertiary/aromatic N) is 1. The van der Waals surface area contributed by atoms with Gasteiger partial charge in [0.15, 0.2) is 0 Å². The van der Waals surface area contributed by atoms with Crippen molar-refractivity contribution in [3.8, 4) is 0 Å². The van der Waals surface area contributed by atoms with Gasteiger partial charge in [0.05, 0.1) is 0 Å². The third kappa shape index (κ3) is 1.97. The zero-order chi connectivity index (χ0) is 10.8. The summed E-state index contributed by atoms with van der Waals surface area (Å²) in [5, 5.41) is 0. The fourth-order valence-electron chi connectivity index (χ4n) is 2.03. The maximum atomic E-state index is 12.0. The van der Waals surface area contributed by atoms with Gasteiger partial charge in [-0.3, -0.25) is 4.79 Å². The first-order chi connectivity index (χ1) is 7.22. The van der Waals surface area contributed by atoms with E-state index in [-0.39, 0.29) is 5.56 Å². The average molecular weight is 206 g/mol. The van der Waals surface area contributed by atoms with Crippen molar-refractivity contribution in [2.45, 2.75) is 39.3 Å². The summed E-state index contributed by atoms with van der Waals surface area (Å²) in [4.78, 5) is 12.0. The van der Waals surface area contributed by atoms with E-state index in [1.165, 1.54) is 19.3 Å². The lowest BCUT2D eigenvalue weighted by atomic mass is 9.85. The SMILES string of the molecule is Cc1ccc(CN)c(=O)n1CC1CCC1. The molecule has 0 unspecified atom stereocenters. The molecule has 0 aromatic carbocycles. The average Bonchev–Trinajstić information content (AvgIpc) is 2.15. The Labute approximate surface area is 89.9 Å². The van der Waals surface area contributed by atoms with Crippen LogP contribution in [0.25, 0.3) is 0 Å². The zero-order valence-electron chi connectivity index (χ0n) is 9.20. The predicted octanol–water partition coefficient (Wildman–Crippen LogP) is 1.42. The van der Waals surface area contributed by atoms with Crippen molar-refractivity contribution >= 4 is 0 Å². The Kier molecular flexibility index (Phi) is 2.91. The van der Waals surface area contributed by atoms with Crippen molar-refractivity contribution in [1.82, 2.24) is 4.57 Å². The molecule has 3 nitrogen and oxygen atoms in total. The Balaban J connectivity index is 2.30. The molecule has 1 saturated carbocycles. The van der Waals surface area contributed by atoms with Crippen LogP contribution >= 0.6 is 0 Å². The summed E-state index contributed by atoms with van der Waals surface area (Å²) < 4.78 is 1.88. The minimum Gasteiger partial charge on any atom is -0.326 e. The van der Waals surface area contributed by atoms with Crippen LogP contribution in [0.5, 0.6) is 0 Å². The normalized spacial score (nSPS) is 16.4. The van der Waals surface area contributed by atoms with E-state index in [1.807, 2.05) is 23.6 Å². The Morgan fingerprint density at radius 3 is 2.73 bits per heavy atom. The van der Waals surface area contributed by atoms with E-state index >= 15 is 0 Å². The fourth-order valence-corrected chi connectivity index (χ4v) is 2.03.